The Balaban J connectivity index is 2.11. The fraction of sp³-hybridized carbons (Fsp3) is 0.250. The molecule has 1 N–H and O–H groups in total. The van der Waals surface area contributed by atoms with Crippen LogP contribution in [0.2, 0.25) is 0 Å². The maximum Gasteiger partial charge on any atom is 0.146 e. The van der Waals surface area contributed by atoms with Crippen molar-refractivity contribution < 1.29 is 4.39 Å². The van der Waals surface area contributed by atoms with Crippen LogP contribution < -0.4 is 5.32 Å². The van der Waals surface area contributed by atoms with E-state index < -0.39 is 0 Å². The van der Waals surface area contributed by atoms with Gasteiger partial charge in [0.2, 0.25) is 0 Å². The van der Waals surface area contributed by atoms with E-state index in [9.17, 15) is 4.39 Å². The lowest BCUT2D eigenvalue weighted by Gasteiger charge is -2.09. The molecule has 0 aromatic heterocycles. The summed E-state index contributed by atoms with van der Waals surface area (Å²) in [5.74, 6) is -0.195. The van der Waals surface area contributed by atoms with Crippen LogP contribution in [0.5, 0.6) is 0 Å². The minimum Gasteiger partial charge on any atom is -0.379 e. The first-order chi connectivity index (χ1) is 8.54. The van der Waals surface area contributed by atoms with Crippen molar-refractivity contribution in [2.75, 3.05) is 5.32 Å². The summed E-state index contributed by atoms with van der Waals surface area (Å²) in [5.41, 5.74) is 5.13. The van der Waals surface area contributed by atoms with Crippen molar-refractivity contribution in [3.8, 4) is 0 Å². The molecule has 0 amide bonds. The second-order valence-electron chi connectivity index (χ2n) is 4.83. The van der Waals surface area contributed by atoms with Crippen molar-refractivity contribution in [1.29, 1.82) is 0 Å². The van der Waals surface area contributed by atoms with Crippen molar-refractivity contribution in [2.24, 2.45) is 0 Å². The molecular weight excluding hydrogens is 225 g/mol. The maximum atomic E-state index is 13.6. The first kappa shape index (κ1) is 12.6. The molecule has 1 nitrogen and oxygen atoms in total. The fourth-order valence-corrected chi connectivity index (χ4v) is 2.13. The molecule has 2 rings (SSSR count). The van der Waals surface area contributed by atoms with Gasteiger partial charge in [0.25, 0.3) is 0 Å². The minimum atomic E-state index is -0.195. The van der Waals surface area contributed by atoms with Crippen LogP contribution in [0.4, 0.5) is 10.1 Å². The summed E-state index contributed by atoms with van der Waals surface area (Å²) in [7, 11) is 0. The highest BCUT2D eigenvalue weighted by atomic mass is 19.1. The van der Waals surface area contributed by atoms with Gasteiger partial charge < -0.3 is 5.32 Å². The molecule has 2 aromatic carbocycles. The molecule has 0 aliphatic heterocycles. The second-order valence-corrected chi connectivity index (χ2v) is 4.83. The van der Waals surface area contributed by atoms with E-state index in [1.807, 2.05) is 13.0 Å². The molecule has 0 atom stereocenters. The zero-order chi connectivity index (χ0) is 13.1. The van der Waals surface area contributed by atoms with Crippen LogP contribution in [-0.2, 0) is 6.54 Å². The number of hydrogen-bond donors (Lipinski definition) is 1. The molecule has 0 radical (unpaired) electrons. The van der Waals surface area contributed by atoms with Gasteiger partial charge in [0, 0.05) is 6.54 Å². The van der Waals surface area contributed by atoms with Gasteiger partial charge in [-0.2, -0.15) is 0 Å². The molecular formula is C16H18FN. The van der Waals surface area contributed by atoms with Crippen molar-refractivity contribution in [2.45, 2.75) is 27.3 Å². The second kappa shape index (κ2) is 5.21. The Morgan fingerprint density at radius 3 is 2.17 bits per heavy atom. The molecule has 2 heteroatoms. The highest BCUT2D eigenvalue weighted by Gasteiger charge is 2.02. The van der Waals surface area contributed by atoms with Gasteiger partial charge in [0.1, 0.15) is 5.82 Å². The Morgan fingerprint density at radius 1 is 0.889 bits per heavy atom. The molecule has 94 valence electrons. The Kier molecular flexibility index (Phi) is 3.66. The molecule has 0 fully saturated rings. The van der Waals surface area contributed by atoms with Crippen LogP contribution in [0.25, 0.3) is 0 Å². The predicted octanol–water partition coefficient (Wildman–Crippen LogP) is 4.36. The number of aryl methyl sites for hydroxylation is 3. The smallest absolute Gasteiger partial charge is 0.146 e. The van der Waals surface area contributed by atoms with E-state index in [2.05, 4.69) is 37.4 Å². The molecule has 0 spiro atoms. The van der Waals surface area contributed by atoms with Gasteiger partial charge in [-0.15, -0.1) is 0 Å². The monoisotopic (exact) mass is 243 g/mol. The molecule has 0 aliphatic rings. The SMILES string of the molecule is Cc1cc(C)cc(CNc2ccc(C)cc2F)c1. The van der Waals surface area contributed by atoms with Crippen LogP contribution in [-0.4, -0.2) is 0 Å². The van der Waals surface area contributed by atoms with Crippen LogP contribution in [0, 0.1) is 26.6 Å². The highest BCUT2D eigenvalue weighted by molar-refractivity contribution is 5.47. The molecule has 0 bridgehead atoms. The minimum absolute atomic E-state index is 0.195. The van der Waals surface area contributed by atoms with Gasteiger partial charge in [-0.25, -0.2) is 4.39 Å². The number of nitrogens with one attached hydrogen (secondary N) is 1. The standard InChI is InChI=1S/C16H18FN/c1-11-4-5-16(15(17)9-11)18-10-14-7-12(2)6-13(3)8-14/h4-9,18H,10H2,1-3H3. The average Bonchev–Trinajstić information content (AvgIpc) is 2.26. The molecule has 0 heterocycles. The summed E-state index contributed by atoms with van der Waals surface area (Å²) in [6.07, 6.45) is 0. The molecule has 18 heavy (non-hydrogen) atoms. The summed E-state index contributed by atoms with van der Waals surface area (Å²) >= 11 is 0. The van der Waals surface area contributed by atoms with Crippen molar-refractivity contribution in [3.05, 3.63) is 64.5 Å². The summed E-state index contributed by atoms with van der Waals surface area (Å²) in [4.78, 5) is 0. The van der Waals surface area contributed by atoms with E-state index in [-0.39, 0.29) is 5.82 Å². The molecule has 0 unspecified atom stereocenters. The van der Waals surface area contributed by atoms with E-state index in [0.29, 0.717) is 12.2 Å². The van der Waals surface area contributed by atoms with Crippen LogP contribution in [0.15, 0.2) is 36.4 Å². The van der Waals surface area contributed by atoms with Gasteiger partial charge in [-0.05, 0) is 44.0 Å². The Hall–Kier alpha value is -1.83. The Bertz CT molecular complexity index is 541. The van der Waals surface area contributed by atoms with Crippen molar-refractivity contribution in [3.63, 3.8) is 0 Å². The quantitative estimate of drug-likeness (QED) is 0.844. The van der Waals surface area contributed by atoms with Crippen LogP contribution in [0.3, 0.4) is 0 Å². The zero-order valence-electron chi connectivity index (χ0n) is 11.0. The normalized spacial score (nSPS) is 10.4. The number of halogens is 1. The predicted molar refractivity (Wildman–Crippen MR) is 74.4 cm³/mol. The van der Waals surface area contributed by atoms with E-state index in [1.165, 1.54) is 16.7 Å². The molecule has 0 saturated carbocycles. The van der Waals surface area contributed by atoms with E-state index in [4.69, 9.17) is 0 Å². The largest absolute Gasteiger partial charge is 0.379 e. The third-order valence-electron chi connectivity index (χ3n) is 2.89. The first-order valence-corrected chi connectivity index (χ1v) is 6.12. The number of hydrogen-bond acceptors (Lipinski definition) is 1. The van der Waals surface area contributed by atoms with E-state index in [1.54, 1.807) is 12.1 Å². The van der Waals surface area contributed by atoms with Crippen molar-refractivity contribution in [1.82, 2.24) is 0 Å². The third kappa shape index (κ3) is 3.10. The summed E-state index contributed by atoms with van der Waals surface area (Å²) in [6.45, 7) is 6.67. The lowest BCUT2D eigenvalue weighted by atomic mass is 10.1. The van der Waals surface area contributed by atoms with Crippen LogP contribution >= 0.6 is 0 Å². The molecule has 0 aliphatic carbocycles. The number of anilines is 1. The number of benzene rings is 2. The Labute approximate surface area is 108 Å². The van der Waals surface area contributed by atoms with E-state index in [0.717, 1.165) is 5.56 Å². The summed E-state index contributed by atoms with van der Waals surface area (Å²) in [5, 5.41) is 3.14. The van der Waals surface area contributed by atoms with Crippen molar-refractivity contribution >= 4 is 5.69 Å². The molecule has 0 saturated heterocycles. The van der Waals surface area contributed by atoms with Gasteiger partial charge in [0.15, 0.2) is 0 Å². The lowest BCUT2D eigenvalue weighted by molar-refractivity contribution is 0.629. The van der Waals surface area contributed by atoms with Gasteiger partial charge in [-0.3, -0.25) is 0 Å². The highest BCUT2D eigenvalue weighted by Crippen LogP contribution is 2.17. The summed E-state index contributed by atoms with van der Waals surface area (Å²) < 4.78 is 13.6. The summed E-state index contributed by atoms with van der Waals surface area (Å²) in [6, 6.07) is 11.6. The van der Waals surface area contributed by atoms with E-state index >= 15 is 0 Å². The van der Waals surface area contributed by atoms with Gasteiger partial charge >= 0.3 is 0 Å². The van der Waals surface area contributed by atoms with Crippen LogP contribution in [0.1, 0.15) is 22.3 Å². The van der Waals surface area contributed by atoms with Gasteiger partial charge in [0.05, 0.1) is 5.69 Å². The average molecular weight is 243 g/mol. The molecule has 2 aromatic rings. The first-order valence-electron chi connectivity index (χ1n) is 6.12. The lowest BCUT2D eigenvalue weighted by Crippen LogP contribution is -2.02. The van der Waals surface area contributed by atoms with Gasteiger partial charge in [-0.1, -0.05) is 35.4 Å². The zero-order valence-corrected chi connectivity index (χ0v) is 11.0. The maximum absolute atomic E-state index is 13.6. The Morgan fingerprint density at radius 2 is 1.56 bits per heavy atom. The fourth-order valence-electron chi connectivity index (χ4n) is 2.13. The third-order valence-corrected chi connectivity index (χ3v) is 2.89. The number of rotatable bonds is 3. The topological polar surface area (TPSA) is 12.0 Å².